The smallest absolute Gasteiger partial charge is 0.396 e. The lowest BCUT2D eigenvalue weighted by molar-refractivity contribution is -0.142. The van der Waals surface area contributed by atoms with Gasteiger partial charge >= 0.3 is 6.18 Å². The van der Waals surface area contributed by atoms with Gasteiger partial charge in [0.2, 0.25) is 0 Å². The van der Waals surface area contributed by atoms with E-state index in [-0.39, 0.29) is 5.95 Å². The van der Waals surface area contributed by atoms with E-state index < -0.39 is 17.6 Å². The lowest BCUT2D eigenvalue weighted by Gasteiger charge is -2.09. The van der Waals surface area contributed by atoms with Crippen molar-refractivity contribution in [2.24, 2.45) is 0 Å². The molecule has 2 N–H and O–H groups in total. The van der Waals surface area contributed by atoms with Gasteiger partial charge in [-0.15, -0.1) is 0 Å². The molecule has 0 atom stereocenters. The van der Waals surface area contributed by atoms with Gasteiger partial charge in [-0.05, 0) is 6.07 Å². The summed E-state index contributed by atoms with van der Waals surface area (Å²) < 4.78 is 38.5. The third-order valence-corrected chi connectivity index (χ3v) is 1.81. The molecule has 2 aromatic rings. The molecule has 0 unspecified atom stereocenters. The highest BCUT2D eigenvalue weighted by molar-refractivity contribution is 5.44. The number of nitrogens with two attached hydrogens (primary N) is 1. The Labute approximate surface area is 87.7 Å². The molecule has 2 rings (SSSR count). The second kappa shape index (κ2) is 3.47. The summed E-state index contributed by atoms with van der Waals surface area (Å²) in [6.45, 7) is 0. The molecule has 0 saturated heterocycles. The summed E-state index contributed by atoms with van der Waals surface area (Å²) in [6, 6.07) is 1.49. The van der Waals surface area contributed by atoms with Gasteiger partial charge < -0.3 is 5.73 Å². The summed E-state index contributed by atoms with van der Waals surface area (Å²) in [4.78, 5) is 7.34. The van der Waals surface area contributed by atoms with Crippen LogP contribution in [0.1, 0.15) is 5.69 Å². The summed E-state index contributed by atoms with van der Waals surface area (Å²) in [5.41, 5.74) is 3.68. The Balaban J connectivity index is 2.60. The summed E-state index contributed by atoms with van der Waals surface area (Å²) in [7, 11) is 0. The highest BCUT2D eigenvalue weighted by Gasteiger charge is 2.38. The van der Waals surface area contributed by atoms with Crippen LogP contribution in [-0.2, 0) is 6.18 Å². The van der Waals surface area contributed by atoms with Crippen LogP contribution in [0.3, 0.4) is 0 Å². The second-order valence-electron chi connectivity index (χ2n) is 2.91. The maximum atomic E-state index is 12.6. The molecular formula is C8H6F3N5. The molecule has 0 aliphatic carbocycles. The Morgan fingerprint density at radius 2 is 1.81 bits per heavy atom. The highest BCUT2D eigenvalue weighted by Crippen LogP contribution is 2.33. The Bertz CT molecular complexity index is 490. The maximum absolute atomic E-state index is 12.6. The quantitative estimate of drug-likeness (QED) is 0.799. The molecule has 0 aliphatic heterocycles. The highest BCUT2D eigenvalue weighted by atomic mass is 19.4. The summed E-state index contributed by atoms with van der Waals surface area (Å²) >= 11 is 0. The average molecular weight is 229 g/mol. The van der Waals surface area contributed by atoms with Crippen molar-refractivity contribution in [1.82, 2.24) is 19.7 Å². The maximum Gasteiger partial charge on any atom is 0.435 e. The molecular weight excluding hydrogens is 223 g/mol. The molecule has 84 valence electrons. The minimum Gasteiger partial charge on any atom is -0.396 e. The largest absolute Gasteiger partial charge is 0.435 e. The van der Waals surface area contributed by atoms with Crippen LogP contribution in [0.4, 0.5) is 18.9 Å². The van der Waals surface area contributed by atoms with Crippen LogP contribution in [0, 0.1) is 0 Å². The molecule has 0 saturated carbocycles. The van der Waals surface area contributed by atoms with E-state index in [1.807, 2.05) is 0 Å². The molecule has 2 aromatic heterocycles. The van der Waals surface area contributed by atoms with Crippen molar-refractivity contribution < 1.29 is 13.2 Å². The van der Waals surface area contributed by atoms with Gasteiger partial charge in [0.1, 0.15) is 0 Å². The fraction of sp³-hybridized carbons (Fsp3) is 0.125. The van der Waals surface area contributed by atoms with E-state index in [1.54, 1.807) is 0 Å². The van der Waals surface area contributed by atoms with E-state index in [2.05, 4.69) is 15.1 Å². The molecule has 0 radical (unpaired) electrons. The predicted octanol–water partition coefficient (Wildman–Crippen LogP) is 1.26. The molecule has 0 spiro atoms. The third kappa shape index (κ3) is 1.69. The Kier molecular flexibility index (Phi) is 2.26. The monoisotopic (exact) mass is 229 g/mol. The van der Waals surface area contributed by atoms with Gasteiger partial charge in [-0.3, -0.25) is 0 Å². The Morgan fingerprint density at radius 1 is 1.19 bits per heavy atom. The van der Waals surface area contributed by atoms with Gasteiger partial charge in [0.05, 0.1) is 11.9 Å². The minimum absolute atomic E-state index is 0.175. The molecule has 0 aliphatic rings. The van der Waals surface area contributed by atoms with Crippen molar-refractivity contribution in [3.05, 3.63) is 30.4 Å². The molecule has 2 heterocycles. The van der Waals surface area contributed by atoms with E-state index in [0.717, 1.165) is 6.20 Å². The number of nitrogens with zero attached hydrogens (tertiary/aromatic N) is 4. The first-order valence-corrected chi connectivity index (χ1v) is 4.18. The Morgan fingerprint density at radius 3 is 2.38 bits per heavy atom. The molecule has 0 fully saturated rings. The summed E-state index contributed by atoms with van der Waals surface area (Å²) in [5.74, 6) is -0.175. The zero-order valence-electron chi connectivity index (χ0n) is 7.81. The van der Waals surface area contributed by atoms with Crippen LogP contribution in [-0.4, -0.2) is 19.7 Å². The van der Waals surface area contributed by atoms with E-state index >= 15 is 0 Å². The van der Waals surface area contributed by atoms with E-state index in [4.69, 9.17) is 5.73 Å². The standard InChI is InChI=1S/C8H6F3N5/c9-8(10,11)6-5(12)4-15-16(6)7-13-2-1-3-14-7/h1-4H,12H2. The van der Waals surface area contributed by atoms with Crippen LogP contribution >= 0.6 is 0 Å². The second-order valence-corrected chi connectivity index (χ2v) is 2.91. The first kappa shape index (κ1) is 10.4. The number of hydrogen-bond donors (Lipinski definition) is 1. The van der Waals surface area contributed by atoms with Crippen molar-refractivity contribution in [3.63, 3.8) is 0 Å². The van der Waals surface area contributed by atoms with Gasteiger partial charge in [0.15, 0.2) is 5.69 Å². The van der Waals surface area contributed by atoms with E-state index in [0.29, 0.717) is 4.68 Å². The number of nitrogen functional groups attached to an aromatic ring is 1. The number of alkyl halides is 3. The molecule has 5 nitrogen and oxygen atoms in total. The molecule has 8 heteroatoms. The number of anilines is 1. The molecule has 16 heavy (non-hydrogen) atoms. The van der Waals surface area contributed by atoms with Gasteiger partial charge in [-0.2, -0.15) is 23.0 Å². The van der Waals surface area contributed by atoms with E-state index in [9.17, 15) is 13.2 Å². The lowest BCUT2D eigenvalue weighted by Crippen LogP contribution is -2.16. The number of hydrogen-bond acceptors (Lipinski definition) is 4. The number of rotatable bonds is 1. The average Bonchev–Trinajstić information content (AvgIpc) is 2.61. The van der Waals surface area contributed by atoms with Crippen LogP contribution in [0.25, 0.3) is 5.95 Å². The normalized spacial score (nSPS) is 11.7. The zero-order valence-corrected chi connectivity index (χ0v) is 7.81. The van der Waals surface area contributed by atoms with Gasteiger partial charge in [0, 0.05) is 12.4 Å². The third-order valence-electron chi connectivity index (χ3n) is 1.81. The SMILES string of the molecule is Nc1cnn(-c2ncccn2)c1C(F)(F)F. The van der Waals surface area contributed by atoms with Crippen LogP contribution in [0.15, 0.2) is 24.7 Å². The minimum atomic E-state index is -4.60. The van der Waals surface area contributed by atoms with E-state index in [1.165, 1.54) is 18.5 Å². The topological polar surface area (TPSA) is 69.6 Å². The van der Waals surface area contributed by atoms with Gasteiger partial charge in [-0.25, -0.2) is 9.97 Å². The molecule has 0 aromatic carbocycles. The van der Waals surface area contributed by atoms with Crippen molar-refractivity contribution in [2.75, 3.05) is 5.73 Å². The van der Waals surface area contributed by atoms with Crippen LogP contribution in [0.5, 0.6) is 0 Å². The fourth-order valence-corrected chi connectivity index (χ4v) is 1.20. The summed E-state index contributed by atoms with van der Waals surface area (Å²) in [6.07, 6.45) is -1.04. The molecule has 0 amide bonds. The summed E-state index contributed by atoms with van der Waals surface area (Å²) in [5, 5.41) is 3.50. The predicted molar refractivity (Wildman–Crippen MR) is 48.6 cm³/mol. The Hall–Kier alpha value is -2.12. The van der Waals surface area contributed by atoms with Gasteiger partial charge in [0.25, 0.3) is 5.95 Å². The van der Waals surface area contributed by atoms with Crippen molar-refractivity contribution in [2.45, 2.75) is 6.18 Å². The number of halogens is 3. The van der Waals surface area contributed by atoms with Crippen LogP contribution < -0.4 is 5.73 Å². The van der Waals surface area contributed by atoms with Crippen LogP contribution in [0.2, 0.25) is 0 Å². The first-order chi connectivity index (χ1) is 7.50. The lowest BCUT2D eigenvalue weighted by atomic mass is 10.3. The number of aromatic nitrogens is 4. The molecule has 0 bridgehead atoms. The zero-order chi connectivity index (χ0) is 11.8. The fourth-order valence-electron chi connectivity index (χ4n) is 1.20. The van der Waals surface area contributed by atoms with Crippen molar-refractivity contribution in [3.8, 4) is 5.95 Å². The first-order valence-electron chi connectivity index (χ1n) is 4.18. The van der Waals surface area contributed by atoms with Gasteiger partial charge in [-0.1, -0.05) is 0 Å². The van der Waals surface area contributed by atoms with Crippen molar-refractivity contribution in [1.29, 1.82) is 0 Å². The van der Waals surface area contributed by atoms with Crippen molar-refractivity contribution >= 4 is 5.69 Å².